The Hall–Kier alpha value is -2.82. The number of anilines is 1. The molecule has 3 aromatic rings. The van der Waals surface area contributed by atoms with E-state index in [-0.39, 0.29) is 0 Å². The highest BCUT2D eigenvalue weighted by molar-refractivity contribution is 5.50. The van der Waals surface area contributed by atoms with Crippen LogP contribution in [0, 0.1) is 6.92 Å². The largest absolute Gasteiger partial charge is 0.485 e. The molecule has 1 heterocycles. The third kappa shape index (κ3) is 3.82. The average molecular weight is 335 g/mol. The summed E-state index contributed by atoms with van der Waals surface area (Å²) in [5.41, 5.74) is 5.39. The van der Waals surface area contributed by atoms with Crippen LogP contribution in [0.15, 0.2) is 47.0 Å². The number of nitrogens with one attached hydrogen (secondary N) is 1. The highest BCUT2D eigenvalue weighted by Crippen LogP contribution is 2.25. The molecular formula is C20H21N3O2. The van der Waals surface area contributed by atoms with Crippen molar-refractivity contribution < 1.29 is 9.26 Å². The van der Waals surface area contributed by atoms with Crippen LogP contribution in [-0.2, 0) is 26.0 Å². The van der Waals surface area contributed by atoms with Crippen LogP contribution < -0.4 is 10.1 Å². The van der Waals surface area contributed by atoms with Crippen LogP contribution >= 0.6 is 0 Å². The van der Waals surface area contributed by atoms with Gasteiger partial charge in [-0.2, -0.15) is 4.98 Å². The van der Waals surface area contributed by atoms with E-state index in [1.54, 1.807) is 6.92 Å². The SMILES string of the molecule is Cc1nc(COc2ccc(CNc3ccc4c(c3)CCC4)cc2)no1. The molecule has 25 heavy (non-hydrogen) atoms. The lowest BCUT2D eigenvalue weighted by molar-refractivity contribution is 0.285. The second kappa shape index (κ2) is 6.97. The van der Waals surface area contributed by atoms with Crippen molar-refractivity contribution in [2.24, 2.45) is 0 Å². The number of hydrogen-bond acceptors (Lipinski definition) is 5. The molecule has 1 N–H and O–H groups in total. The zero-order valence-electron chi connectivity index (χ0n) is 14.3. The smallest absolute Gasteiger partial charge is 0.223 e. The molecule has 0 saturated heterocycles. The zero-order valence-corrected chi connectivity index (χ0v) is 14.3. The Morgan fingerprint density at radius 1 is 1.08 bits per heavy atom. The molecule has 5 nitrogen and oxygen atoms in total. The molecule has 0 spiro atoms. The summed E-state index contributed by atoms with van der Waals surface area (Å²) in [5, 5.41) is 7.31. The standard InChI is InChI=1S/C20H21N3O2/c1-14-22-20(23-25-14)13-24-19-9-5-15(6-10-19)12-21-18-8-7-16-3-2-4-17(16)11-18/h5-11,21H,2-4,12-13H2,1H3. The van der Waals surface area contributed by atoms with Crippen LogP contribution in [0.4, 0.5) is 5.69 Å². The number of hydrogen-bond donors (Lipinski definition) is 1. The summed E-state index contributed by atoms with van der Waals surface area (Å²) in [7, 11) is 0. The third-order valence-electron chi connectivity index (χ3n) is 4.46. The molecule has 0 radical (unpaired) electrons. The first kappa shape index (κ1) is 15.7. The summed E-state index contributed by atoms with van der Waals surface area (Å²) in [5.74, 6) is 1.90. The lowest BCUT2D eigenvalue weighted by Gasteiger charge is -2.09. The maximum atomic E-state index is 5.67. The molecule has 0 saturated carbocycles. The Bertz CT molecular complexity index is 856. The first-order valence-corrected chi connectivity index (χ1v) is 8.63. The molecule has 0 fully saturated rings. The average Bonchev–Trinajstić information content (AvgIpc) is 3.27. The topological polar surface area (TPSA) is 60.2 Å². The first-order valence-electron chi connectivity index (χ1n) is 8.63. The zero-order chi connectivity index (χ0) is 17.1. The van der Waals surface area contributed by atoms with Gasteiger partial charge in [0.15, 0.2) is 6.61 Å². The van der Waals surface area contributed by atoms with Gasteiger partial charge in [-0.05, 0) is 60.2 Å². The highest BCUT2D eigenvalue weighted by atomic mass is 16.5. The van der Waals surface area contributed by atoms with Crippen LogP contribution in [0.2, 0.25) is 0 Å². The van der Waals surface area contributed by atoms with Crippen molar-refractivity contribution in [3.63, 3.8) is 0 Å². The predicted molar refractivity (Wildman–Crippen MR) is 95.6 cm³/mol. The molecule has 0 aliphatic heterocycles. The van der Waals surface area contributed by atoms with Gasteiger partial charge in [-0.25, -0.2) is 0 Å². The molecule has 5 heteroatoms. The summed E-state index contributed by atoms with van der Waals surface area (Å²) in [6.07, 6.45) is 3.71. The van der Waals surface area contributed by atoms with Crippen LogP contribution in [0.1, 0.15) is 34.8 Å². The fourth-order valence-electron chi connectivity index (χ4n) is 3.14. The Labute approximate surface area is 147 Å². The van der Waals surface area contributed by atoms with Gasteiger partial charge in [0.25, 0.3) is 0 Å². The van der Waals surface area contributed by atoms with E-state index in [0.717, 1.165) is 12.3 Å². The minimum atomic E-state index is 0.310. The van der Waals surface area contributed by atoms with Gasteiger partial charge in [0.2, 0.25) is 11.7 Å². The Morgan fingerprint density at radius 3 is 2.72 bits per heavy atom. The fourth-order valence-corrected chi connectivity index (χ4v) is 3.14. The van der Waals surface area contributed by atoms with Gasteiger partial charge < -0.3 is 14.6 Å². The maximum absolute atomic E-state index is 5.67. The summed E-state index contributed by atoms with van der Waals surface area (Å²) < 4.78 is 10.6. The number of rotatable bonds is 6. The number of ether oxygens (including phenoxy) is 1. The molecule has 1 aromatic heterocycles. The number of aryl methyl sites for hydroxylation is 3. The van der Waals surface area contributed by atoms with Crippen molar-refractivity contribution in [1.29, 1.82) is 0 Å². The van der Waals surface area contributed by atoms with E-state index in [9.17, 15) is 0 Å². The number of fused-ring (bicyclic) bond motifs is 1. The van der Waals surface area contributed by atoms with E-state index < -0.39 is 0 Å². The van der Waals surface area contributed by atoms with Crippen molar-refractivity contribution in [3.8, 4) is 5.75 Å². The van der Waals surface area contributed by atoms with Gasteiger partial charge in [-0.15, -0.1) is 0 Å². The molecule has 0 amide bonds. The lowest BCUT2D eigenvalue weighted by atomic mass is 10.1. The Kier molecular flexibility index (Phi) is 4.37. The van der Waals surface area contributed by atoms with E-state index in [1.807, 2.05) is 12.1 Å². The minimum Gasteiger partial charge on any atom is -0.485 e. The molecule has 0 bridgehead atoms. The van der Waals surface area contributed by atoms with Crippen LogP contribution in [0.25, 0.3) is 0 Å². The summed E-state index contributed by atoms with van der Waals surface area (Å²) in [4.78, 5) is 4.12. The van der Waals surface area contributed by atoms with E-state index in [0.29, 0.717) is 18.3 Å². The van der Waals surface area contributed by atoms with Crippen LogP contribution in [0.3, 0.4) is 0 Å². The van der Waals surface area contributed by atoms with Crippen molar-refractivity contribution in [1.82, 2.24) is 10.1 Å². The van der Waals surface area contributed by atoms with E-state index in [2.05, 4.69) is 45.8 Å². The Balaban J connectivity index is 1.31. The molecular weight excluding hydrogens is 314 g/mol. The number of aromatic nitrogens is 2. The van der Waals surface area contributed by atoms with Crippen molar-refractivity contribution in [3.05, 3.63) is 70.9 Å². The number of nitrogens with zero attached hydrogens (tertiary/aromatic N) is 2. The van der Waals surface area contributed by atoms with Crippen molar-refractivity contribution in [2.45, 2.75) is 39.3 Å². The van der Waals surface area contributed by atoms with Crippen molar-refractivity contribution in [2.75, 3.05) is 5.32 Å². The van der Waals surface area contributed by atoms with Crippen LogP contribution in [0.5, 0.6) is 5.75 Å². The number of benzene rings is 2. The molecule has 1 aliphatic rings. The van der Waals surface area contributed by atoms with Gasteiger partial charge in [0, 0.05) is 19.2 Å². The lowest BCUT2D eigenvalue weighted by Crippen LogP contribution is -2.01. The second-order valence-corrected chi connectivity index (χ2v) is 6.35. The van der Waals surface area contributed by atoms with E-state index >= 15 is 0 Å². The minimum absolute atomic E-state index is 0.310. The fraction of sp³-hybridized carbons (Fsp3) is 0.300. The van der Waals surface area contributed by atoms with Gasteiger partial charge in [0.1, 0.15) is 5.75 Å². The normalized spacial score (nSPS) is 12.8. The second-order valence-electron chi connectivity index (χ2n) is 6.35. The van der Waals surface area contributed by atoms with Gasteiger partial charge in [-0.3, -0.25) is 0 Å². The van der Waals surface area contributed by atoms with Crippen LogP contribution in [-0.4, -0.2) is 10.1 Å². The molecule has 2 aromatic carbocycles. The molecule has 0 unspecified atom stereocenters. The maximum Gasteiger partial charge on any atom is 0.223 e. The van der Waals surface area contributed by atoms with Gasteiger partial charge >= 0.3 is 0 Å². The molecule has 4 rings (SSSR count). The molecule has 128 valence electrons. The molecule has 1 aliphatic carbocycles. The van der Waals surface area contributed by atoms with Gasteiger partial charge in [0.05, 0.1) is 0 Å². The van der Waals surface area contributed by atoms with Crippen molar-refractivity contribution >= 4 is 5.69 Å². The first-order chi connectivity index (χ1) is 12.3. The summed E-state index contributed by atoms with van der Waals surface area (Å²) in [6.45, 7) is 2.87. The van der Waals surface area contributed by atoms with Gasteiger partial charge in [-0.1, -0.05) is 23.4 Å². The summed E-state index contributed by atoms with van der Waals surface area (Å²) >= 11 is 0. The monoisotopic (exact) mass is 335 g/mol. The van der Waals surface area contributed by atoms with E-state index in [1.165, 1.54) is 41.6 Å². The van der Waals surface area contributed by atoms with E-state index in [4.69, 9.17) is 9.26 Å². The summed E-state index contributed by atoms with van der Waals surface area (Å²) in [6, 6.07) is 14.8. The third-order valence-corrected chi connectivity index (χ3v) is 4.46. The molecule has 0 atom stereocenters. The Morgan fingerprint density at radius 2 is 1.92 bits per heavy atom. The quantitative estimate of drug-likeness (QED) is 0.736. The predicted octanol–water partition coefficient (Wildman–Crippen LogP) is 4.06. The highest BCUT2D eigenvalue weighted by Gasteiger charge is 2.10.